The van der Waals surface area contributed by atoms with Gasteiger partial charge < -0.3 is 10.5 Å². The van der Waals surface area contributed by atoms with Crippen molar-refractivity contribution in [3.8, 4) is 11.8 Å². The monoisotopic (exact) mass is 322 g/mol. The average molecular weight is 323 g/mol. The van der Waals surface area contributed by atoms with Crippen LogP contribution in [0.4, 0.5) is 10.6 Å². The average Bonchev–Trinajstić information content (AvgIpc) is 2.84. The molecule has 0 saturated carbocycles. The minimum Gasteiger partial charge on any atom is -0.444 e. The Morgan fingerprint density at radius 2 is 2.23 bits per heavy atom. The zero-order valence-corrected chi connectivity index (χ0v) is 13.6. The predicted molar refractivity (Wildman–Crippen MR) is 84.3 cm³/mol. The highest BCUT2D eigenvalue weighted by molar-refractivity contribution is 6.30. The van der Waals surface area contributed by atoms with Gasteiger partial charge >= 0.3 is 6.09 Å². The Bertz CT molecular complexity index is 610. The minimum absolute atomic E-state index is 0.210. The molecule has 0 aromatic carbocycles. The summed E-state index contributed by atoms with van der Waals surface area (Å²) < 4.78 is 5.40. The van der Waals surface area contributed by atoms with E-state index in [1.54, 1.807) is 4.90 Å². The molecule has 1 atom stereocenters. The Morgan fingerprint density at radius 1 is 1.50 bits per heavy atom. The van der Waals surface area contributed by atoms with Gasteiger partial charge in [0.1, 0.15) is 28.5 Å². The molecule has 2 rings (SSSR count). The van der Waals surface area contributed by atoms with E-state index in [0.29, 0.717) is 12.1 Å². The molecule has 2 N–H and O–H groups in total. The number of carbonyl (C=O) groups is 1. The second kappa shape index (κ2) is 6.41. The van der Waals surface area contributed by atoms with Gasteiger partial charge in [-0.05, 0) is 33.6 Å². The molecular formula is C15H19ClN4O2. The summed E-state index contributed by atoms with van der Waals surface area (Å²) >= 11 is 5.96. The number of amides is 1. The summed E-state index contributed by atoms with van der Waals surface area (Å²) in [6, 6.07) is -0.217. The molecule has 1 aromatic rings. The lowest BCUT2D eigenvalue weighted by Gasteiger charge is -2.26. The zero-order valence-electron chi connectivity index (χ0n) is 12.9. The molecule has 1 aliphatic rings. The molecule has 118 valence electrons. The second-order valence-corrected chi connectivity index (χ2v) is 6.38. The Kier molecular flexibility index (Phi) is 4.77. The topological polar surface area (TPSA) is 81.3 Å². The first-order valence-corrected chi connectivity index (χ1v) is 7.43. The maximum Gasteiger partial charge on any atom is 0.411 e. The van der Waals surface area contributed by atoms with Gasteiger partial charge in [-0.3, -0.25) is 4.90 Å². The van der Waals surface area contributed by atoms with Gasteiger partial charge in [-0.2, -0.15) is 0 Å². The third kappa shape index (κ3) is 4.01. The van der Waals surface area contributed by atoms with Gasteiger partial charge in [-0.25, -0.2) is 14.8 Å². The van der Waals surface area contributed by atoms with Crippen molar-refractivity contribution in [3.05, 3.63) is 17.0 Å². The largest absolute Gasteiger partial charge is 0.444 e. The number of nitrogens with zero attached hydrogens (tertiary/aromatic N) is 3. The fourth-order valence-electron chi connectivity index (χ4n) is 2.10. The van der Waals surface area contributed by atoms with Crippen LogP contribution in [0, 0.1) is 11.8 Å². The molecule has 0 aliphatic carbocycles. The summed E-state index contributed by atoms with van der Waals surface area (Å²) in [4.78, 5) is 21.5. The van der Waals surface area contributed by atoms with Crippen molar-refractivity contribution in [1.82, 2.24) is 14.9 Å². The van der Waals surface area contributed by atoms with E-state index in [0.717, 1.165) is 12.8 Å². The summed E-state index contributed by atoms with van der Waals surface area (Å²) in [6.45, 7) is 6.14. The molecule has 1 aromatic heterocycles. The van der Waals surface area contributed by atoms with Gasteiger partial charge in [0, 0.05) is 6.54 Å². The van der Waals surface area contributed by atoms with Crippen molar-refractivity contribution in [2.75, 3.05) is 12.3 Å². The Labute approximate surface area is 135 Å². The van der Waals surface area contributed by atoms with E-state index in [4.69, 9.17) is 22.1 Å². The van der Waals surface area contributed by atoms with Crippen molar-refractivity contribution in [2.45, 2.75) is 45.3 Å². The van der Waals surface area contributed by atoms with Crippen LogP contribution in [0.1, 0.15) is 39.2 Å². The second-order valence-electron chi connectivity index (χ2n) is 6.03. The molecule has 2 heterocycles. The number of anilines is 1. The van der Waals surface area contributed by atoms with Gasteiger partial charge in [0.2, 0.25) is 0 Å². The van der Waals surface area contributed by atoms with E-state index in [-0.39, 0.29) is 23.1 Å². The number of ether oxygens (including phenoxy) is 1. The number of nitrogen functional groups attached to an aromatic ring is 1. The maximum absolute atomic E-state index is 12.2. The van der Waals surface area contributed by atoms with Crippen LogP contribution in [0.5, 0.6) is 0 Å². The van der Waals surface area contributed by atoms with Crippen molar-refractivity contribution in [3.63, 3.8) is 0 Å². The van der Waals surface area contributed by atoms with Crippen LogP contribution in [0.3, 0.4) is 0 Å². The highest BCUT2D eigenvalue weighted by Crippen LogP contribution is 2.21. The van der Waals surface area contributed by atoms with Gasteiger partial charge in [-0.1, -0.05) is 23.4 Å². The Balaban J connectivity index is 2.16. The molecule has 0 bridgehead atoms. The fraction of sp³-hybridized carbons (Fsp3) is 0.533. The lowest BCUT2D eigenvalue weighted by Crippen LogP contribution is -2.39. The smallest absolute Gasteiger partial charge is 0.411 e. The van der Waals surface area contributed by atoms with Crippen LogP contribution in [-0.4, -0.2) is 39.1 Å². The molecule has 0 radical (unpaired) electrons. The van der Waals surface area contributed by atoms with Gasteiger partial charge in [-0.15, -0.1) is 0 Å². The lowest BCUT2D eigenvalue weighted by atomic mass is 10.2. The van der Waals surface area contributed by atoms with Crippen LogP contribution < -0.4 is 5.73 Å². The number of aromatic nitrogens is 2. The van der Waals surface area contributed by atoms with E-state index < -0.39 is 5.60 Å². The summed E-state index contributed by atoms with van der Waals surface area (Å²) in [7, 11) is 0. The minimum atomic E-state index is -0.529. The van der Waals surface area contributed by atoms with Gasteiger partial charge in [0.05, 0.1) is 6.04 Å². The van der Waals surface area contributed by atoms with Crippen LogP contribution in [-0.2, 0) is 4.74 Å². The molecule has 1 saturated heterocycles. The normalized spacial score (nSPS) is 17.8. The molecule has 22 heavy (non-hydrogen) atoms. The van der Waals surface area contributed by atoms with Crippen LogP contribution in [0.25, 0.3) is 0 Å². The van der Waals surface area contributed by atoms with Crippen LogP contribution >= 0.6 is 11.6 Å². The molecule has 6 nitrogen and oxygen atoms in total. The summed E-state index contributed by atoms with van der Waals surface area (Å²) in [6.07, 6.45) is 2.60. The number of likely N-dealkylation sites (tertiary alicyclic amines) is 1. The Morgan fingerprint density at radius 3 is 2.86 bits per heavy atom. The first kappa shape index (κ1) is 16.4. The summed E-state index contributed by atoms with van der Waals surface area (Å²) in [5.41, 5.74) is 5.60. The SMILES string of the molecule is CC(C)(C)OC(=O)N1CCC[C@@H]1C#Cc1c(N)ncnc1Cl. The molecule has 0 spiro atoms. The number of hydrogen-bond donors (Lipinski definition) is 1. The van der Waals surface area contributed by atoms with Crippen LogP contribution in [0.2, 0.25) is 5.15 Å². The van der Waals surface area contributed by atoms with Gasteiger partial charge in [0.25, 0.3) is 0 Å². The number of carbonyl (C=O) groups excluding carboxylic acids is 1. The third-order valence-corrected chi connectivity index (χ3v) is 3.36. The first-order chi connectivity index (χ1) is 10.3. The highest BCUT2D eigenvalue weighted by Gasteiger charge is 2.31. The number of rotatable bonds is 0. The number of halogens is 1. The molecule has 7 heteroatoms. The zero-order chi connectivity index (χ0) is 16.3. The lowest BCUT2D eigenvalue weighted by molar-refractivity contribution is 0.0261. The summed E-state index contributed by atoms with van der Waals surface area (Å²) in [5.74, 6) is 6.15. The van der Waals surface area contributed by atoms with Crippen molar-refractivity contribution in [1.29, 1.82) is 0 Å². The first-order valence-electron chi connectivity index (χ1n) is 7.05. The molecular weight excluding hydrogens is 304 g/mol. The summed E-state index contributed by atoms with van der Waals surface area (Å²) in [5, 5.41) is 0.210. The molecule has 1 aliphatic heterocycles. The van der Waals surface area contributed by atoms with E-state index in [1.807, 2.05) is 20.8 Å². The standard InChI is InChI=1S/C15H19ClN4O2/c1-15(2,3)22-14(21)20-8-4-5-10(20)6-7-11-12(16)18-9-19-13(11)17/h9-10H,4-5,8H2,1-3H3,(H2,17,18,19)/t10-/m1/s1. The van der Waals surface area contributed by atoms with Crippen molar-refractivity contribution < 1.29 is 9.53 Å². The molecule has 1 amide bonds. The van der Waals surface area contributed by atoms with Crippen molar-refractivity contribution >= 4 is 23.5 Å². The fourth-order valence-corrected chi connectivity index (χ4v) is 2.29. The predicted octanol–water partition coefficient (Wildman–Crippen LogP) is 2.46. The maximum atomic E-state index is 12.2. The number of hydrogen-bond acceptors (Lipinski definition) is 5. The third-order valence-electron chi connectivity index (χ3n) is 3.07. The van der Waals surface area contributed by atoms with Gasteiger partial charge in [0.15, 0.2) is 0 Å². The molecule has 0 unspecified atom stereocenters. The Hall–Kier alpha value is -2.00. The number of nitrogens with two attached hydrogens (primary N) is 1. The van der Waals surface area contributed by atoms with Crippen molar-refractivity contribution in [2.24, 2.45) is 0 Å². The van der Waals surface area contributed by atoms with E-state index in [1.165, 1.54) is 6.33 Å². The van der Waals surface area contributed by atoms with E-state index in [9.17, 15) is 4.79 Å². The van der Waals surface area contributed by atoms with E-state index >= 15 is 0 Å². The van der Waals surface area contributed by atoms with Crippen LogP contribution in [0.15, 0.2) is 6.33 Å². The molecule has 1 fully saturated rings. The quantitative estimate of drug-likeness (QED) is 0.586. The highest BCUT2D eigenvalue weighted by atomic mass is 35.5. The van der Waals surface area contributed by atoms with E-state index in [2.05, 4.69) is 21.8 Å².